The maximum absolute atomic E-state index is 12.4. The Morgan fingerprint density at radius 1 is 1.43 bits per heavy atom. The molecule has 2 N–H and O–H groups in total. The van der Waals surface area contributed by atoms with Crippen molar-refractivity contribution < 1.29 is 19.4 Å². The van der Waals surface area contributed by atoms with E-state index in [-0.39, 0.29) is 12.5 Å². The van der Waals surface area contributed by atoms with Crippen LogP contribution in [0.4, 0.5) is 0 Å². The van der Waals surface area contributed by atoms with Gasteiger partial charge in [0, 0.05) is 24.6 Å². The molecule has 21 heavy (non-hydrogen) atoms. The Morgan fingerprint density at radius 3 is 2.62 bits per heavy atom. The molecule has 2 heterocycles. The first kappa shape index (κ1) is 16.0. The van der Waals surface area contributed by atoms with Crippen LogP contribution in [0.1, 0.15) is 31.6 Å². The molecular formula is C15H21NO4S. The lowest BCUT2D eigenvalue weighted by atomic mass is 9.79. The molecular weight excluding hydrogens is 290 g/mol. The lowest BCUT2D eigenvalue weighted by molar-refractivity contribution is -0.154. The summed E-state index contributed by atoms with van der Waals surface area (Å²) < 4.78 is 5.23. The van der Waals surface area contributed by atoms with Crippen molar-refractivity contribution in [3.63, 3.8) is 0 Å². The van der Waals surface area contributed by atoms with Crippen molar-refractivity contribution >= 4 is 23.2 Å². The lowest BCUT2D eigenvalue weighted by Gasteiger charge is -2.34. The Hall–Kier alpha value is -1.40. The van der Waals surface area contributed by atoms with Crippen LogP contribution in [0.2, 0.25) is 0 Å². The van der Waals surface area contributed by atoms with Crippen LogP contribution in [-0.4, -0.2) is 36.7 Å². The lowest BCUT2D eigenvalue weighted by Crippen LogP contribution is -2.49. The molecule has 0 unspecified atom stereocenters. The second kappa shape index (κ2) is 6.15. The average molecular weight is 311 g/mol. The highest BCUT2D eigenvalue weighted by atomic mass is 32.1. The van der Waals surface area contributed by atoms with Gasteiger partial charge in [-0.2, -0.15) is 0 Å². The van der Waals surface area contributed by atoms with Crippen LogP contribution in [0.25, 0.3) is 0 Å². The van der Waals surface area contributed by atoms with Gasteiger partial charge in [0.1, 0.15) is 0 Å². The van der Waals surface area contributed by atoms with Crippen LogP contribution in [0, 0.1) is 5.41 Å². The van der Waals surface area contributed by atoms with E-state index in [0.29, 0.717) is 26.1 Å². The van der Waals surface area contributed by atoms with E-state index >= 15 is 0 Å². The van der Waals surface area contributed by atoms with Crippen LogP contribution < -0.4 is 5.32 Å². The third kappa shape index (κ3) is 3.27. The number of carboxylic acids is 1. The number of ether oxygens (including phenoxy) is 1. The molecule has 1 aromatic heterocycles. The molecule has 1 amide bonds. The zero-order valence-electron chi connectivity index (χ0n) is 12.3. The molecule has 1 aliphatic rings. The maximum atomic E-state index is 12.4. The van der Waals surface area contributed by atoms with Crippen LogP contribution in [-0.2, 0) is 19.7 Å². The number of nitrogens with one attached hydrogen (secondary N) is 1. The van der Waals surface area contributed by atoms with Crippen molar-refractivity contribution in [3.8, 4) is 0 Å². The molecule has 0 aromatic carbocycles. The number of carbonyl (C=O) groups is 2. The average Bonchev–Trinajstić information content (AvgIpc) is 3.00. The predicted molar refractivity (Wildman–Crippen MR) is 80.5 cm³/mol. The van der Waals surface area contributed by atoms with Crippen LogP contribution in [0.15, 0.2) is 17.5 Å². The van der Waals surface area contributed by atoms with Crippen molar-refractivity contribution in [1.29, 1.82) is 0 Å². The summed E-state index contributed by atoms with van der Waals surface area (Å²) in [6.07, 6.45) is 0.865. The summed E-state index contributed by atoms with van der Waals surface area (Å²) in [6.45, 7) is 4.71. The minimum atomic E-state index is -0.903. The van der Waals surface area contributed by atoms with Gasteiger partial charge in [-0.3, -0.25) is 9.59 Å². The number of carbonyl (C=O) groups excluding carboxylic acids is 1. The van der Waals surface area contributed by atoms with Gasteiger partial charge in [-0.25, -0.2) is 0 Å². The Balaban J connectivity index is 2.04. The van der Waals surface area contributed by atoms with Gasteiger partial charge in [0.25, 0.3) is 0 Å². The van der Waals surface area contributed by atoms with E-state index in [2.05, 4.69) is 5.32 Å². The summed E-state index contributed by atoms with van der Waals surface area (Å²) in [6, 6.07) is 3.83. The number of thiophene rings is 1. The van der Waals surface area contributed by atoms with Gasteiger partial charge in [-0.15, -0.1) is 11.3 Å². The third-order valence-electron chi connectivity index (χ3n) is 4.20. The molecule has 0 aliphatic carbocycles. The first-order valence-electron chi connectivity index (χ1n) is 7.02. The molecule has 0 spiro atoms. The van der Waals surface area contributed by atoms with Crippen molar-refractivity contribution in [2.24, 2.45) is 5.41 Å². The Labute approximate surface area is 128 Å². The SMILES string of the molecule is CC(C)(C(=O)NCC1(C(=O)O)CCOCC1)c1cccs1. The summed E-state index contributed by atoms with van der Waals surface area (Å²) >= 11 is 1.53. The molecule has 6 heteroatoms. The van der Waals surface area contributed by atoms with Gasteiger partial charge in [-0.1, -0.05) is 6.07 Å². The van der Waals surface area contributed by atoms with Crippen molar-refractivity contribution in [3.05, 3.63) is 22.4 Å². The Bertz CT molecular complexity index is 504. The highest BCUT2D eigenvalue weighted by Crippen LogP contribution is 2.32. The van der Waals surface area contributed by atoms with Crippen molar-refractivity contribution in [2.45, 2.75) is 32.1 Å². The largest absolute Gasteiger partial charge is 0.481 e. The van der Waals surface area contributed by atoms with Gasteiger partial charge in [-0.05, 0) is 38.1 Å². The summed E-state index contributed by atoms with van der Waals surface area (Å²) in [4.78, 5) is 25.0. The van der Waals surface area contributed by atoms with Crippen LogP contribution in [0.5, 0.6) is 0 Å². The minimum Gasteiger partial charge on any atom is -0.481 e. The normalized spacial score (nSPS) is 18.2. The maximum Gasteiger partial charge on any atom is 0.311 e. The van der Waals surface area contributed by atoms with Gasteiger partial charge in [0.15, 0.2) is 0 Å². The van der Waals surface area contributed by atoms with Crippen molar-refractivity contribution in [1.82, 2.24) is 5.32 Å². The molecule has 0 saturated carbocycles. The van der Waals surface area contributed by atoms with E-state index < -0.39 is 16.8 Å². The summed E-state index contributed by atoms with van der Waals surface area (Å²) in [5.41, 5.74) is -1.56. The molecule has 5 nitrogen and oxygen atoms in total. The second-order valence-corrected chi connectivity index (χ2v) is 6.93. The molecule has 1 aromatic rings. The van der Waals surface area contributed by atoms with Crippen molar-refractivity contribution in [2.75, 3.05) is 19.8 Å². The Kier molecular flexibility index (Phi) is 4.68. The predicted octanol–water partition coefficient (Wildman–Crippen LogP) is 2.02. The molecule has 1 aliphatic heterocycles. The zero-order valence-corrected chi connectivity index (χ0v) is 13.2. The number of aliphatic carboxylic acids is 1. The van der Waals surface area contributed by atoms with Gasteiger partial charge >= 0.3 is 5.97 Å². The zero-order chi connectivity index (χ0) is 15.5. The van der Waals surface area contributed by atoms with E-state index in [4.69, 9.17) is 4.74 Å². The monoisotopic (exact) mass is 311 g/mol. The molecule has 1 saturated heterocycles. The third-order valence-corrected chi connectivity index (χ3v) is 5.39. The summed E-state index contributed by atoms with van der Waals surface area (Å²) in [5, 5.41) is 14.3. The summed E-state index contributed by atoms with van der Waals surface area (Å²) in [7, 11) is 0. The Morgan fingerprint density at radius 2 is 2.10 bits per heavy atom. The summed E-state index contributed by atoms with van der Waals surface area (Å²) in [5.74, 6) is -1.00. The molecule has 1 fully saturated rings. The number of hydrogen-bond acceptors (Lipinski definition) is 4. The first-order valence-corrected chi connectivity index (χ1v) is 7.90. The second-order valence-electron chi connectivity index (χ2n) is 5.98. The molecule has 0 radical (unpaired) electrons. The van der Waals surface area contributed by atoms with E-state index in [1.807, 2.05) is 31.4 Å². The number of carboxylic acid groups (broad SMARTS) is 1. The highest BCUT2D eigenvalue weighted by molar-refractivity contribution is 7.10. The number of hydrogen-bond donors (Lipinski definition) is 2. The van der Waals surface area contributed by atoms with Crippen LogP contribution >= 0.6 is 11.3 Å². The molecule has 0 bridgehead atoms. The van der Waals surface area contributed by atoms with E-state index in [9.17, 15) is 14.7 Å². The smallest absolute Gasteiger partial charge is 0.311 e. The van der Waals surface area contributed by atoms with Gasteiger partial charge in [0.05, 0.1) is 10.8 Å². The molecule has 0 atom stereocenters. The number of rotatable bonds is 5. The molecule has 2 rings (SSSR count). The number of amides is 1. The van der Waals surface area contributed by atoms with E-state index in [0.717, 1.165) is 4.88 Å². The topological polar surface area (TPSA) is 75.6 Å². The fraction of sp³-hybridized carbons (Fsp3) is 0.600. The first-order chi connectivity index (χ1) is 9.88. The highest BCUT2D eigenvalue weighted by Gasteiger charge is 2.41. The van der Waals surface area contributed by atoms with E-state index in [1.165, 1.54) is 11.3 Å². The standard InChI is InChI=1S/C15H21NO4S/c1-14(2,11-4-3-9-21-11)12(17)16-10-15(13(18)19)5-7-20-8-6-15/h3-4,9H,5-8,10H2,1-2H3,(H,16,17)(H,18,19). The fourth-order valence-electron chi connectivity index (χ4n) is 2.44. The van der Waals surface area contributed by atoms with Crippen LogP contribution in [0.3, 0.4) is 0 Å². The van der Waals surface area contributed by atoms with Gasteiger partial charge < -0.3 is 15.2 Å². The van der Waals surface area contributed by atoms with Gasteiger partial charge in [0.2, 0.25) is 5.91 Å². The van der Waals surface area contributed by atoms with E-state index in [1.54, 1.807) is 0 Å². The quantitative estimate of drug-likeness (QED) is 0.872. The molecule has 116 valence electrons. The minimum absolute atomic E-state index is 0.142. The fourth-order valence-corrected chi connectivity index (χ4v) is 3.29.